The van der Waals surface area contributed by atoms with Crippen LogP contribution in [0.5, 0.6) is 0 Å². The summed E-state index contributed by atoms with van der Waals surface area (Å²) in [6, 6.07) is 17.9. The van der Waals surface area contributed by atoms with Gasteiger partial charge in [0.25, 0.3) is 0 Å². The molecule has 0 atom stereocenters. The van der Waals surface area contributed by atoms with Crippen molar-refractivity contribution < 1.29 is 31.8 Å². The van der Waals surface area contributed by atoms with Crippen LogP contribution in [0, 0.1) is 0 Å². The standard InChI is InChI=1S/C18H16F4O3/c19-17(20)18(21,22)12-25-15(23)11-24-16(13-7-3-1-4-8-13)14-9-5-2-6-10-14/h1-10,16-17H,11-12H2. The first-order chi connectivity index (χ1) is 11.9. The van der Waals surface area contributed by atoms with Crippen molar-refractivity contribution in [3.05, 3.63) is 71.8 Å². The largest absolute Gasteiger partial charge is 0.457 e. The molecular weight excluding hydrogens is 340 g/mol. The van der Waals surface area contributed by atoms with Crippen LogP contribution in [0.15, 0.2) is 60.7 Å². The van der Waals surface area contributed by atoms with Gasteiger partial charge in [0.05, 0.1) is 0 Å². The van der Waals surface area contributed by atoms with Crippen LogP contribution in [0.1, 0.15) is 17.2 Å². The molecule has 0 radical (unpaired) electrons. The Kier molecular flexibility index (Phi) is 6.52. The van der Waals surface area contributed by atoms with E-state index < -0.39 is 37.6 Å². The summed E-state index contributed by atoms with van der Waals surface area (Å²) in [7, 11) is 0. The van der Waals surface area contributed by atoms with Gasteiger partial charge in [-0.2, -0.15) is 8.78 Å². The summed E-state index contributed by atoms with van der Waals surface area (Å²) in [6.07, 6.45) is -4.52. The van der Waals surface area contributed by atoms with Gasteiger partial charge >= 0.3 is 18.3 Å². The highest BCUT2D eigenvalue weighted by Crippen LogP contribution is 2.26. The van der Waals surface area contributed by atoms with Crippen molar-refractivity contribution in [1.29, 1.82) is 0 Å². The summed E-state index contributed by atoms with van der Waals surface area (Å²) < 4.78 is 59.3. The van der Waals surface area contributed by atoms with Gasteiger partial charge in [0.15, 0.2) is 6.61 Å². The number of esters is 1. The van der Waals surface area contributed by atoms with Gasteiger partial charge in [-0.3, -0.25) is 0 Å². The molecule has 2 aromatic carbocycles. The van der Waals surface area contributed by atoms with Gasteiger partial charge in [0, 0.05) is 0 Å². The van der Waals surface area contributed by atoms with Crippen molar-refractivity contribution in [3.63, 3.8) is 0 Å². The van der Waals surface area contributed by atoms with Crippen molar-refractivity contribution in [1.82, 2.24) is 0 Å². The predicted molar refractivity (Wildman–Crippen MR) is 82.6 cm³/mol. The molecule has 0 amide bonds. The van der Waals surface area contributed by atoms with E-state index in [-0.39, 0.29) is 0 Å². The fourth-order valence-corrected chi connectivity index (χ4v) is 2.07. The lowest BCUT2D eigenvalue weighted by atomic mass is 10.0. The highest BCUT2D eigenvalue weighted by molar-refractivity contribution is 5.70. The number of carbonyl (C=O) groups is 1. The van der Waals surface area contributed by atoms with E-state index in [9.17, 15) is 22.4 Å². The molecule has 7 heteroatoms. The second-order valence-corrected chi connectivity index (χ2v) is 5.23. The molecule has 2 aromatic rings. The van der Waals surface area contributed by atoms with E-state index in [1.165, 1.54) is 0 Å². The Morgan fingerprint density at radius 1 is 0.920 bits per heavy atom. The molecule has 0 aromatic heterocycles. The fraction of sp³-hybridized carbons (Fsp3) is 0.278. The predicted octanol–water partition coefficient (Wildman–Crippen LogP) is 4.24. The third-order valence-electron chi connectivity index (χ3n) is 3.32. The SMILES string of the molecule is O=C(COC(c1ccccc1)c1ccccc1)OCC(F)(F)C(F)F. The Labute approximate surface area is 142 Å². The molecule has 0 aliphatic carbocycles. The fourth-order valence-electron chi connectivity index (χ4n) is 2.07. The van der Waals surface area contributed by atoms with Crippen LogP contribution in [0.3, 0.4) is 0 Å². The van der Waals surface area contributed by atoms with E-state index in [0.29, 0.717) is 0 Å². The molecule has 0 aliphatic rings. The first kappa shape index (κ1) is 18.9. The Bertz CT molecular complexity index is 623. The molecule has 0 saturated heterocycles. The molecule has 3 nitrogen and oxygen atoms in total. The maximum Gasteiger partial charge on any atom is 0.340 e. The lowest BCUT2D eigenvalue weighted by Crippen LogP contribution is -2.34. The zero-order valence-electron chi connectivity index (χ0n) is 13.1. The third-order valence-corrected chi connectivity index (χ3v) is 3.32. The first-order valence-corrected chi connectivity index (χ1v) is 7.43. The van der Waals surface area contributed by atoms with Crippen molar-refractivity contribution >= 4 is 5.97 Å². The van der Waals surface area contributed by atoms with E-state index in [2.05, 4.69) is 4.74 Å². The molecule has 0 fully saturated rings. The second-order valence-electron chi connectivity index (χ2n) is 5.23. The van der Waals surface area contributed by atoms with Gasteiger partial charge in [-0.15, -0.1) is 0 Å². The molecule has 0 bridgehead atoms. The summed E-state index contributed by atoms with van der Waals surface area (Å²) in [5.74, 6) is -5.52. The molecular formula is C18H16F4O3. The maximum atomic E-state index is 12.8. The number of carbonyl (C=O) groups excluding carboxylic acids is 1. The van der Waals surface area contributed by atoms with E-state index in [0.717, 1.165) is 11.1 Å². The highest BCUT2D eigenvalue weighted by atomic mass is 19.3. The molecule has 0 N–H and O–H groups in total. The van der Waals surface area contributed by atoms with Gasteiger partial charge in [-0.05, 0) is 11.1 Å². The topological polar surface area (TPSA) is 35.5 Å². The Balaban J connectivity index is 2.00. The summed E-state index contributed by atoms with van der Waals surface area (Å²) in [4.78, 5) is 11.6. The number of benzene rings is 2. The van der Waals surface area contributed by atoms with Crippen molar-refractivity contribution in [2.45, 2.75) is 18.5 Å². The van der Waals surface area contributed by atoms with Gasteiger partial charge in [0.1, 0.15) is 12.7 Å². The minimum absolute atomic E-state index is 0.620. The van der Waals surface area contributed by atoms with Crippen molar-refractivity contribution in [3.8, 4) is 0 Å². The molecule has 2 rings (SSSR count). The average Bonchev–Trinajstić information content (AvgIpc) is 2.62. The minimum Gasteiger partial charge on any atom is -0.457 e. The van der Waals surface area contributed by atoms with Gasteiger partial charge in [-0.1, -0.05) is 60.7 Å². The van der Waals surface area contributed by atoms with Crippen LogP contribution >= 0.6 is 0 Å². The summed E-state index contributed by atoms with van der Waals surface area (Å²) >= 11 is 0. The molecule has 0 saturated carbocycles. The molecule has 134 valence electrons. The Morgan fingerprint density at radius 2 is 1.40 bits per heavy atom. The van der Waals surface area contributed by atoms with Crippen molar-refractivity contribution in [2.24, 2.45) is 0 Å². The normalized spacial score (nSPS) is 11.8. The lowest BCUT2D eigenvalue weighted by Gasteiger charge is -2.19. The number of hydrogen-bond donors (Lipinski definition) is 0. The van der Waals surface area contributed by atoms with E-state index in [1.807, 2.05) is 12.1 Å². The van der Waals surface area contributed by atoms with Gasteiger partial charge in [-0.25, -0.2) is 13.6 Å². The summed E-state index contributed by atoms with van der Waals surface area (Å²) in [5.41, 5.74) is 1.50. The van der Waals surface area contributed by atoms with Crippen LogP contribution in [0.4, 0.5) is 17.6 Å². The van der Waals surface area contributed by atoms with Crippen LogP contribution in [0.25, 0.3) is 0 Å². The van der Waals surface area contributed by atoms with E-state index in [1.54, 1.807) is 48.5 Å². The van der Waals surface area contributed by atoms with Crippen LogP contribution in [0.2, 0.25) is 0 Å². The number of rotatable bonds is 8. The van der Waals surface area contributed by atoms with Crippen LogP contribution in [-0.4, -0.2) is 31.5 Å². The third kappa shape index (κ3) is 5.56. The number of halogens is 4. The smallest absolute Gasteiger partial charge is 0.340 e. The molecule has 0 spiro atoms. The van der Waals surface area contributed by atoms with Crippen LogP contribution < -0.4 is 0 Å². The average molecular weight is 356 g/mol. The van der Waals surface area contributed by atoms with Gasteiger partial charge in [0.2, 0.25) is 0 Å². The van der Waals surface area contributed by atoms with E-state index in [4.69, 9.17) is 4.74 Å². The number of hydrogen-bond acceptors (Lipinski definition) is 3. The zero-order chi connectivity index (χ0) is 18.3. The quantitative estimate of drug-likeness (QED) is 0.524. The monoisotopic (exact) mass is 356 g/mol. The molecule has 0 aliphatic heterocycles. The summed E-state index contributed by atoms with van der Waals surface area (Å²) in [6.45, 7) is -2.33. The van der Waals surface area contributed by atoms with Crippen molar-refractivity contribution in [2.75, 3.05) is 13.2 Å². The first-order valence-electron chi connectivity index (χ1n) is 7.43. The Morgan fingerprint density at radius 3 is 1.84 bits per heavy atom. The van der Waals surface area contributed by atoms with Gasteiger partial charge < -0.3 is 9.47 Å². The van der Waals surface area contributed by atoms with E-state index >= 15 is 0 Å². The minimum atomic E-state index is -4.38. The molecule has 0 heterocycles. The maximum absolute atomic E-state index is 12.8. The zero-order valence-corrected chi connectivity index (χ0v) is 13.1. The second kappa shape index (κ2) is 8.62. The number of alkyl halides is 4. The number of ether oxygens (including phenoxy) is 2. The summed E-state index contributed by atoms with van der Waals surface area (Å²) in [5, 5.41) is 0. The van der Waals surface area contributed by atoms with Crippen LogP contribution in [-0.2, 0) is 14.3 Å². The molecule has 0 unspecified atom stereocenters. The Hall–Kier alpha value is -2.41. The lowest BCUT2D eigenvalue weighted by molar-refractivity contribution is -0.183. The molecule has 25 heavy (non-hydrogen) atoms. The highest BCUT2D eigenvalue weighted by Gasteiger charge is 2.42.